The minimum Gasteiger partial charge on any atom is -0.507 e. The first-order valence-corrected chi connectivity index (χ1v) is 3.81. The van der Waals surface area contributed by atoms with E-state index in [9.17, 15) is 9.90 Å². The molecule has 0 spiro atoms. The summed E-state index contributed by atoms with van der Waals surface area (Å²) in [5.74, 6) is -1.32. The Kier molecular flexibility index (Phi) is 2.69. The van der Waals surface area contributed by atoms with Gasteiger partial charge in [-0.05, 0) is 24.1 Å². The molecule has 1 aromatic rings. The molecule has 0 aromatic heterocycles. The van der Waals surface area contributed by atoms with Crippen LogP contribution in [0.5, 0.6) is 5.75 Å². The summed E-state index contributed by atoms with van der Waals surface area (Å²) in [6, 6.07) is 4.48. The largest absolute Gasteiger partial charge is 0.507 e. The van der Waals surface area contributed by atoms with Crippen LogP contribution in [0.2, 0.25) is 0 Å². The van der Waals surface area contributed by atoms with E-state index in [1.807, 2.05) is 0 Å². The van der Waals surface area contributed by atoms with E-state index in [4.69, 9.17) is 5.11 Å². The van der Waals surface area contributed by atoms with Gasteiger partial charge in [0.15, 0.2) is 0 Å². The molecule has 1 rings (SSSR count). The number of aromatic carboxylic acids is 1. The number of allylic oxidation sites excluding steroid dienone is 1. The van der Waals surface area contributed by atoms with Gasteiger partial charge >= 0.3 is 5.97 Å². The summed E-state index contributed by atoms with van der Waals surface area (Å²) < 4.78 is 0. The molecule has 68 valence electrons. The number of carboxylic acids is 1. The molecule has 1 aromatic carbocycles. The van der Waals surface area contributed by atoms with E-state index in [2.05, 4.69) is 6.58 Å². The molecule has 2 N–H and O–H groups in total. The van der Waals surface area contributed by atoms with Gasteiger partial charge in [-0.3, -0.25) is 0 Å². The average Bonchev–Trinajstić information content (AvgIpc) is 2.04. The SMILES string of the molecule is C=CCc1ccc(C(=O)O)c(O)c1. The first-order chi connectivity index (χ1) is 6.15. The van der Waals surface area contributed by atoms with Crippen LogP contribution in [0.25, 0.3) is 0 Å². The van der Waals surface area contributed by atoms with Crippen molar-refractivity contribution in [3.05, 3.63) is 42.0 Å². The van der Waals surface area contributed by atoms with Gasteiger partial charge in [0.25, 0.3) is 0 Å². The Morgan fingerprint density at radius 2 is 2.23 bits per heavy atom. The number of benzene rings is 1. The predicted octanol–water partition coefficient (Wildman–Crippen LogP) is 1.82. The molecule has 0 aliphatic carbocycles. The Morgan fingerprint density at radius 3 is 2.69 bits per heavy atom. The van der Waals surface area contributed by atoms with E-state index < -0.39 is 5.97 Å². The molecule has 3 nitrogen and oxygen atoms in total. The topological polar surface area (TPSA) is 57.5 Å². The Balaban J connectivity index is 3.05. The highest BCUT2D eigenvalue weighted by Gasteiger charge is 2.08. The standard InChI is InChI=1S/C10H10O3/c1-2-3-7-4-5-8(10(12)13)9(11)6-7/h2,4-6,11H,1,3H2,(H,12,13). The molecular formula is C10H10O3. The van der Waals surface area contributed by atoms with E-state index in [0.29, 0.717) is 6.42 Å². The second kappa shape index (κ2) is 3.76. The highest BCUT2D eigenvalue weighted by Crippen LogP contribution is 2.18. The minimum atomic E-state index is -1.12. The van der Waals surface area contributed by atoms with Crippen LogP contribution in [0.4, 0.5) is 0 Å². The predicted molar refractivity (Wildman–Crippen MR) is 49.0 cm³/mol. The van der Waals surface area contributed by atoms with Crippen molar-refractivity contribution in [2.75, 3.05) is 0 Å². The third-order valence-electron chi connectivity index (χ3n) is 1.67. The first-order valence-electron chi connectivity index (χ1n) is 3.81. The summed E-state index contributed by atoms with van der Waals surface area (Å²) in [7, 11) is 0. The summed E-state index contributed by atoms with van der Waals surface area (Å²) in [6.45, 7) is 3.55. The number of carboxylic acid groups (broad SMARTS) is 1. The molecule has 0 unspecified atom stereocenters. The van der Waals surface area contributed by atoms with Gasteiger partial charge in [0.1, 0.15) is 11.3 Å². The van der Waals surface area contributed by atoms with Crippen LogP contribution < -0.4 is 0 Å². The van der Waals surface area contributed by atoms with Gasteiger partial charge in [0.2, 0.25) is 0 Å². The summed E-state index contributed by atoms with van der Waals surface area (Å²) in [5.41, 5.74) is 0.769. The van der Waals surface area contributed by atoms with Gasteiger partial charge in [-0.15, -0.1) is 6.58 Å². The van der Waals surface area contributed by atoms with Crippen molar-refractivity contribution < 1.29 is 15.0 Å². The number of rotatable bonds is 3. The number of hydrogen-bond acceptors (Lipinski definition) is 2. The van der Waals surface area contributed by atoms with E-state index in [-0.39, 0.29) is 11.3 Å². The lowest BCUT2D eigenvalue weighted by Gasteiger charge is -2.01. The van der Waals surface area contributed by atoms with Crippen LogP contribution in [-0.4, -0.2) is 16.2 Å². The second-order valence-corrected chi connectivity index (χ2v) is 2.65. The first kappa shape index (κ1) is 9.32. The molecular weight excluding hydrogens is 168 g/mol. The minimum absolute atomic E-state index is 0.0761. The van der Waals surface area contributed by atoms with E-state index in [1.54, 1.807) is 12.1 Å². The number of hydrogen-bond donors (Lipinski definition) is 2. The van der Waals surface area contributed by atoms with Gasteiger partial charge < -0.3 is 10.2 Å². The molecule has 0 aliphatic heterocycles. The summed E-state index contributed by atoms with van der Waals surface area (Å²) in [6.07, 6.45) is 2.31. The van der Waals surface area contributed by atoms with E-state index in [0.717, 1.165) is 5.56 Å². The molecule has 0 bridgehead atoms. The van der Waals surface area contributed by atoms with Crippen LogP contribution >= 0.6 is 0 Å². The highest BCUT2D eigenvalue weighted by atomic mass is 16.4. The number of phenols is 1. The lowest BCUT2D eigenvalue weighted by Crippen LogP contribution is -1.97. The maximum Gasteiger partial charge on any atom is 0.339 e. The van der Waals surface area contributed by atoms with Crippen LogP contribution in [0.15, 0.2) is 30.9 Å². The van der Waals surface area contributed by atoms with E-state index >= 15 is 0 Å². The monoisotopic (exact) mass is 178 g/mol. The molecule has 13 heavy (non-hydrogen) atoms. The molecule has 3 heteroatoms. The number of aromatic hydroxyl groups is 1. The second-order valence-electron chi connectivity index (χ2n) is 2.65. The average molecular weight is 178 g/mol. The van der Waals surface area contributed by atoms with Crippen molar-refractivity contribution in [2.45, 2.75) is 6.42 Å². The van der Waals surface area contributed by atoms with Gasteiger partial charge in [0.05, 0.1) is 0 Å². The van der Waals surface area contributed by atoms with Crippen molar-refractivity contribution in [1.29, 1.82) is 0 Å². The van der Waals surface area contributed by atoms with Crippen molar-refractivity contribution in [3.63, 3.8) is 0 Å². The van der Waals surface area contributed by atoms with Crippen LogP contribution in [0.1, 0.15) is 15.9 Å². The quantitative estimate of drug-likeness (QED) is 0.694. The van der Waals surface area contributed by atoms with Crippen LogP contribution in [0, 0.1) is 0 Å². The Morgan fingerprint density at radius 1 is 1.54 bits per heavy atom. The van der Waals surface area contributed by atoms with E-state index in [1.165, 1.54) is 12.1 Å². The lowest BCUT2D eigenvalue weighted by atomic mass is 10.1. The normalized spacial score (nSPS) is 9.54. The fraction of sp³-hybridized carbons (Fsp3) is 0.100. The fourth-order valence-electron chi connectivity index (χ4n) is 1.05. The molecule has 0 saturated heterocycles. The summed E-state index contributed by atoms with van der Waals surface area (Å²) >= 11 is 0. The zero-order valence-corrected chi connectivity index (χ0v) is 7.03. The molecule has 0 aliphatic rings. The molecule has 0 saturated carbocycles. The van der Waals surface area contributed by atoms with Gasteiger partial charge in [0, 0.05) is 0 Å². The maximum absolute atomic E-state index is 10.5. The van der Waals surface area contributed by atoms with Gasteiger partial charge in [-0.1, -0.05) is 12.1 Å². The third kappa shape index (κ3) is 2.08. The maximum atomic E-state index is 10.5. The molecule has 0 fully saturated rings. The van der Waals surface area contributed by atoms with Crippen molar-refractivity contribution >= 4 is 5.97 Å². The molecule has 0 heterocycles. The molecule has 0 amide bonds. The fourth-order valence-corrected chi connectivity index (χ4v) is 1.05. The zero-order chi connectivity index (χ0) is 9.84. The summed E-state index contributed by atoms with van der Waals surface area (Å²) in [5, 5.41) is 17.9. The van der Waals surface area contributed by atoms with Crippen molar-refractivity contribution in [3.8, 4) is 5.75 Å². The Bertz CT molecular complexity index is 342. The van der Waals surface area contributed by atoms with Gasteiger partial charge in [-0.25, -0.2) is 4.79 Å². The number of carbonyl (C=O) groups is 1. The van der Waals surface area contributed by atoms with Crippen LogP contribution in [0.3, 0.4) is 0 Å². The summed E-state index contributed by atoms with van der Waals surface area (Å²) in [4.78, 5) is 10.5. The molecule has 0 radical (unpaired) electrons. The lowest BCUT2D eigenvalue weighted by molar-refractivity contribution is 0.0694. The highest BCUT2D eigenvalue weighted by molar-refractivity contribution is 5.90. The van der Waals surface area contributed by atoms with Crippen molar-refractivity contribution in [2.24, 2.45) is 0 Å². The van der Waals surface area contributed by atoms with Crippen LogP contribution in [-0.2, 0) is 6.42 Å². The smallest absolute Gasteiger partial charge is 0.339 e. The Labute approximate surface area is 76.0 Å². The molecule has 0 atom stereocenters. The van der Waals surface area contributed by atoms with Gasteiger partial charge in [-0.2, -0.15) is 0 Å². The van der Waals surface area contributed by atoms with Crippen molar-refractivity contribution in [1.82, 2.24) is 0 Å². The third-order valence-corrected chi connectivity index (χ3v) is 1.67. The Hall–Kier alpha value is -1.77. The zero-order valence-electron chi connectivity index (χ0n) is 7.03.